The Hall–Kier alpha value is -3.02. The van der Waals surface area contributed by atoms with E-state index in [2.05, 4.69) is 21.2 Å². The third-order valence-electron chi connectivity index (χ3n) is 4.51. The Morgan fingerprint density at radius 2 is 1.97 bits per heavy atom. The summed E-state index contributed by atoms with van der Waals surface area (Å²) in [5.74, 6) is -1.12. The van der Waals surface area contributed by atoms with Crippen LogP contribution in [0, 0.1) is 0 Å². The Balaban J connectivity index is 1.72. The fourth-order valence-electron chi connectivity index (χ4n) is 2.97. The topological polar surface area (TPSA) is 111 Å². The first kappa shape index (κ1) is 26.6. The van der Waals surface area contributed by atoms with Crippen LogP contribution in [-0.2, 0) is 19.1 Å². The SMILES string of the molecule is CCOC(=O)CN1C(=O)S/C(=C\c2cc(Br)c(OCC(=O)Nc3ccccc3Cl)c(OC)c2)C1=O. The van der Waals surface area contributed by atoms with Gasteiger partial charge in [0.25, 0.3) is 17.1 Å². The van der Waals surface area contributed by atoms with E-state index in [4.69, 9.17) is 25.8 Å². The summed E-state index contributed by atoms with van der Waals surface area (Å²) in [5, 5.41) is 2.49. The van der Waals surface area contributed by atoms with Crippen LogP contribution < -0.4 is 14.8 Å². The number of nitrogens with one attached hydrogen (secondary N) is 1. The number of thioether (sulfide) groups is 1. The number of nitrogens with zero attached hydrogens (tertiary/aromatic N) is 1. The molecule has 1 aliphatic rings. The molecule has 0 radical (unpaired) electrons. The smallest absolute Gasteiger partial charge is 0.326 e. The normalized spacial score (nSPS) is 14.3. The highest BCUT2D eigenvalue weighted by molar-refractivity contribution is 9.10. The molecule has 3 rings (SSSR count). The summed E-state index contributed by atoms with van der Waals surface area (Å²) in [6.45, 7) is 1.02. The molecule has 0 bridgehead atoms. The lowest BCUT2D eigenvalue weighted by Gasteiger charge is -2.14. The Bertz CT molecular complexity index is 1200. The second-order valence-corrected chi connectivity index (χ2v) is 9.18. The molecule has 1 heterocycles. The molecular formula is C23H20BrClN2O7S. The van der Waals surface area contributed by atoms with Gasteiger partial charge in [-0.1, -0.05) is 23.7 Å². The van der Waals surface area contributed by atoms with E-state index in [0.29, 0.717) is 38.3 Å². The van der Waals surface area contributed by atoms with Crippen molar-refractivity contribution in [2.24, 2.45) is 0 Å². The van der Waals surface area contributed by atoms with Gasteiger partial charge in [-0.2, -0.15) is 0 Å². The van der Waals surface area contributed by atoms with Gasteiger partial charge in [0, 0.05) is 0 Å². The van der Waals surface area contributed by atoms with Crippen LogP contribution in [0.4, 0.5) is 10.5 Å². The monoisotopic (exact) mass is 582 g/mol. The van der Waals surface area contributed by atoms with Crippen molar-refractivity contribution in [3.63, 3.8) is 0 Å². The molecule has 1 fully saturated rings. The zero-order chi connectivity index (χ0) is 25.5. The number of methoxy groups -OCH3 is 1. The number of esters is 1. The van der Waals surface area contributed by atoms with Gasteiger partial charge in [-0.3, -0.25) is 24.1 Å². The molecule has 0 spiro atoms. The first-order valence-corrected chi connectivity index (χ1v) is 12.2. The highest BCUT2D eigenvalue weighted by Gasteiger charge is 2.36. The van der Waals surface area contributed by atoms with Crippen LogP contribution in [0.1, 0.15) is 12.5 Å². The number of benzene rings is 2. The lowest BCUT2D eigenvalue weighted by molar-refractivity contribution is -0.146. The minimum Gasteiger partial charge on any atom is -0.493 e. The van der Waals surface area contributed by atoms with Gasteiger partial charge in [0.2, 0.25) is 0 Å². The van der Waals surface area contributed by atoms with Crippen LogP contribution in [0.5, 0.6) is 11.5 Å². The van der Waals surface area contributed by atoms with Crippen molar-refractivity contribution in [2.45, 2.75) is 6.92 Å². The largest absolute Gasteiger partial charge is 0.493 e. The van der Waals surface area contributed by atoms with E-state index in [9.17, 15) is 19.2 Å². The number of hydrogen-bond acceptors (Lipinski definition) is 8. The molecule has 0 atom stereocenters. The van der Waals surface area contributed by atoms with E-state index in [0.717, 1.165) is 4.90 Å². The first-order chi connectivity index (χ1) is 16.7. The summed E-state index contributed by atoms with van der Waals surface area (Å²) < 4.78 is 16.3. The van der Waals surface area contributed by atoms with Crippen LogP contribution in [0.2, 0.25) is 5.02 Å². The average molecular weight is 584 g/mol. The van der Waals surface area contributed by atoms with E-state index in [1.165, 1.54) is 13.2 Å². The summed E-state index contributed by atoms with van der Waals surface area (Å²) in [6.07, 6.45) is 1.50. The molecule has 1 saturated heterocycles. The number of halogens is 2. The van der Waals surface area contributed by atoms with Crippen molar-refractivity contribution in [2.75, 3.05) is 32.2 Å². The number of amides is 3. The number of carbonyl (C=O) groups excluding carboxylic acids is 4. The van der Waals surface area contributed by atoms with Crippen molar-refractivity contribution in [1.82, 2.24) is 4.90 Å². The minimum atomic E-state index is -0.666. The fraction of sp³-hybridized carbons (Fsp3) is 0.217. The molecule has 0 aliphatic carbocycles. The average Bonchev–Trinajstić information content (AvgIpc) is 3.07. The molecule has 184 valence electrons. The van der Waals surface area contributed by atoms with Crippen molar-refractivity contribution in [1.29, 1.82) is 0 Å². The van der Waals surface area contributed by atoms with Gasteiger partial charge in [0.15, 0.2) is 18.1 Å². The molecule has 1 aliphatic heterocycles. The first-order valence-electron chi connectivity index (χ1n) is 10.2. The van der Waals surface area contributed by atoms with Gasteiger partial charge in [-0.25, -0.2) is 0 Å². The van der Waals surface area contributed by atoms with Gasteiger partial charge in [-0.05, 0) is 70.5 Å². The Morgan fingerprint density at radius 1 is 1.23 bits per heavy atom. The Labute approximate surface area is 218 Å². The van der Waals surface area contributed by atoms with E-state index >= 15 is 0 Å². The van der Waals surface area contributed by atoms with Gasteiger partial charge in [-0.15, -0.1) is 0 Å². The molecule has 0 saturated carbocycles. The molecule has 35 heavy (non-hydrogen) atoms. The molecule has 12 heteroatoms. The van der Waals surface area contributed by atoms with Crippen LogP contribution in [0.3, 0.4) is 0 Å². The molecule has 2 aromatic carbocycles. The maximum atomic E-state index is 12.6. The minimum absolute atomic E-state index is 0.140. The van der Waals surface area contributed by atoms with Gasteiger partial charge in [0.05, 0.1) is 33.8 Å². The maximum absolute atomic E-state index is 12.6. The quantitative estimate of drug-likeness (QED) is 0.333. The number of carbonyl (C=O) groups is 4. The molecule has 3 amide bonds. The summed E-state index contributed by atoms with van der Waals surface area (Å²) in [5.41, 5.74) is 0.990. The summed E-state index contributed by atoms with van der Waals surface area (Å²) in [4.78, 5) is 49.7. The number of rotatable bonds is 9. The predicted octanol–water partition coefficient (Wildman–Crippen LogP) is 4.73. The summed E-state index contributed by atoms with van der Waals surface area (Å²) in [7, 11) is 1.43. The summed E-state index contributed by atoms with van der Waals surface area (Å²) in [6, 6.07) is 10.0. The van der Waals surface area contributed by atoms with E-state index in [-0.39, 0.29) is 23.9 Å². The van der Waals surface area contributed by atoms with Gasteiger partial charge in [0.1, 0.15) is 6.54 Å². The maximum Gasteiger partial charge on any atom is 0.326 e. The molecule has 1 N–H and O–H groups in total. The number of anilines is 1. The van der Waals surface area contributed by atoms with E-state index in [1.807, 2.05) is 0 Å². The molecular weight excluding hydrogens is 564 g/mol. The zero-order valence-corrected chi connectivity index (χ0v) is 21.8. The third kappa shape index (κ3) is 6.77. The molecule has 0 unspecified atom stereocenters. The number of para-hydroxylation sites is 1. The van der Waals surface area contributed by atoms with Crippen molar-refractivity contribution in [3.05, 3.63) is 56.4 Å². The van der Waals surface area contributed by atoms with Crippen molar-refractivity contribution in [3.8, 4) is 11.5 Å². The number of imide groups is 1. The lowest BCUT2D eigenvalue weighted by Crippen LogP contribution is -2.34. The zero-order valence-electron chi connectivity index (χ0n) is 18.6. The van der Waals surface area contributed by atoms with Crippen molar-refractivity contribution >= 4 is 74.1 Å². The van der Waals surface area contributed by atoms with Crippen LogP contribution in [-0.4, -0.2) is 54.8 Å². The van der Waals surface area contributed by atoms with Gasteiger partial charge >= 0.3 is 5.97 Å². The highest BCUT2D eigenvalue weighted by Crippen LogP contribution is 2.39. The number of hydrogen-bond donors (Lipinski definition) is 1. The highest BCUT2D eigenvalue weighted by atomic mass is 79.9. The third-order valence-corrected chi connectivity index (χ3v) is 6.34. The molecule has 9 nitrogen and oxygen atoms in total. The Morgan fingerprint density at radius 3 is 2.66 bits per heavy atom. The Kier molecular flexibility index (Phi) is 9.19. The second kappa shape index (κ2) is 12.1. The molecule has 0 aromatic heterocycles. The van der Waals surface area contributed by atoms with E-state index < -0.39 is 29.6 Å². The van der Waals surface area contributed by atoms with Crippen LogP contribution in [0.25, 0.3) is 6.08 Å². The number of ether oxygens (including phenoxy) is 3. The van der Waals surface area contributed by atoms with Crippen LogP contribution in [0.15, 0.2) is 45.8 Å². The van der Waals surface area contributed by atoms with Crippen LogP contribution >= 0.6 is 39.3 Å². The predicted molar refractivity (Wildman–Crippen MR) is 136 cm³/mol. The fourth-order valence-corrected chi connectivity index (χ4v) is 4.57. The standard InChI is InChI=1S/C23H20BrClN2O7S/c1-3-33-20(29)11-27-22(30)18(35-23(27)31)10-13-8-14(24)21(17(9-13)32-2)34-12-19(28)26-16-7-5-4-6-15(16)25/h4-10H,3,11-12H2,1-2H3,(H,26,28)/b18-10-. The second-order valence-electron chi connectivity index (χ2n) is 6.92. The van der Waals surface area contributed by atoms with E-state index in [1.54, 1.807) is 43.3 Å². The summed E-state index contributed by atoms with van der Waals surface area (Å²) >= 11 is 10.2. The molecule has 2 aromatic rings. The van der Waals surface area contributed by atoms with Crippen molar-refractivity contribution < 1.29 is 33.4 Å². The van der Waals surface area contributed by atoms with Gasteiger partial charge < -0.3 is 19.5 Å². The lowest BCUT2D eigenvalue weighted by atomic mass is 10.2.